The molecule has 0 bridgehead atoms. The number of rotatable bonds is 3. The van der Waals surface area contributed by atoms with Gasteiger partial charge < -0.3 is 0 Å². The van der Waals surface area contributed by atoms with Crippen LogP contribution in [0.25, 0.3) is 21.9 Å². The maximum Gasteiger partial charge on any atom is 0.116 e. The fraction of sp³-hybridized carbons (Fsp3) is 0.0714. The van der Waals surface area contributed by atoms with E-state index in [-0.39, 0.29) is 0 Å². The van der Waals surface area contributed by atoms with Crippen molar-refractivity contribution in [3.63, 3.8) is 0 Å². The number of thiophene rings is 2. The Kier molecular flexibility index (Phi) is 3.41. The molecule has 3 aromatic heterocycles. The third-order valence-electron chi connectivity index (χ3n) is 2.44. The van der Waals surface area contributed by atoms with Gasteiger partial charge in [-0.15, -0.1) is 34.0 Å². The maximum absolute atomic E-state index is 4.44. The van der Waals surface area contributed by atoms with Gasteiger partial charge in [-0.1, -0.05) is 6.07 Å². The van der Waals surface area contributed by atoms with Crippen molar-refractivity contribution >= 4 is 46.2 Å². The molecule has 4 heteroatoms. The van der Waals surface area contributed by atoms with Gasteiger partial charge in [-0.25, -0.2) is 4.98 Å². The molecule has 0 unspecified atom stereocenters. The molecule has 0 fully saturated rings. The Labute approximate surface area is 118 Å². The molecule has 0 saturated heterocycles. The van der Waals surface area contributed by atoms with E-state index in [1.165, 1.54) is 19.5 Å². The minimum Gasteiger partial charge on any atom is -0.244 e. The first kappa shape index (κ1) is 11.8. The summed E-state index contributed by atoms with van der Waals surface area (Å²) < 4.78 is 0. The molecular weight excluding hydrogens is 278 g/mol. The van der Waals surface area contributed by atoms with Crippen molar-refractivity contribution in [2.24, 2.45) is 0 Å². The Morgan fingerprint density at radius 1 is 1.06 bits per heavy atom. The summed E-state index contributed by atoms with van der Waals surface area (Å²) in [7, 11) is 0. The van der Waals surface area contributed by atoms with Crippen LogP contribution in [0.3, 0.4) is 0 Å². The van der Waals surface area contributed by atoms with Gasteiger partial charge >= 0.3 is 0 Å². The van der Waals surface area contributed by atoms with Crippen molar-refractivity contribution in [1.82, 2.24) is 4.98 Å². The van der Waals surface area contributed by atoms with Crippen LogP contribution in [0.15, 0.2) is 35.8 Å². The topological polar surface area (TPSA) is 12.9 Å². The van der Waals surface area contributed by atoms with E-state index in [2.05, 4.69) is 53.7 Å². The monoisotopic (exact) mass is 289 g/mol. The highest BCUT2D eigenvalue weighted by molar-refractivity contribution is 7.22. The highest BCUT2D eigenvalue weighted by atomic mass is 32.1. The van der Waals surface area contributed by atoms with E-state index in [4.69, 9.17) is 0 Å². The Bertz CT molecular complexity index is 659. The normalized spacial score (nSPS) is 11.4. The van der Waals surface area contributed by atoms with Crippen molar-refractivity contribution in [2.45, 2.75) is 6.92 Å². The lowest BCUT2D eigenvalue weighted by Gasteiger charge is -1.86. The highest BCUT2D eigenvalue weighted by Gasteiger charge is 2.04. The van der Waals surface area contributed by atoms with Gasteiger partial charge in [-0.2, -0.15) is 0 Å². The van der Waals surface area contributed by atoms with E-state index in [0.717, 1.165) is 5.01 Å². The molecule has 0 saturated carbocycles. The third kappa shape index (κ3) is 2.61. The van der Waals surface area contributed by atoms with E-state index in [9.17, 15) is 0 Å². The van der Waals surface area contributed by atoms with Gasteiger partial charge in [0.1, 0.15) is 5.01 Å². The van der Waals surface area contributed by atoms with Crippen LogP contribution in [0, 0.1) is 6.92 Å². The number of aromatic nitrogens is 1. The first-order valence-corrected chi connectivity index (χ1v) is 8.07. The Balaban J connectivity index is 1.81. The Hall–Kier alpha value is -1.23. The van der Waals surface area contributed by atoms with E-state index >= 15 is 0 Å². The molecule has 0 aliphatic rings. The van der Waals surface area contributed by atoms with Crippen molar-refractivity contribution in [1.29, 1.82) is 0 Å². The predicted octanol–water partition coefficient (Wildman–Crippen LogP) is 5.41. The van der Waals surface area contributed by atoms with Crippen molar-refractivity contribution < 1.29 is 0 Å². The van der Waals surface area contributed by atoms with E-state index in [0.29, 0.717) is 0 Å². The molecule has 0 N–H and O–H groups in total. The van der Waals surface area contributed by atoms with Crippen LogP contribution >= 0.6 is 34.0 Å². The van der Waals surface area contributed by atoms with Crippen molar-refractivity contribution in [2.75, 3.05) is 0 Å². The van der Waals surface area contributed by atoms with Crippen LogP contribution in [0.2, 0.25) is 0 Å². The molecule has 0 spiro atoms. The van der Waals surface area contributed by atoms with Crippen LogP contribution in [-0.2, 0) is 0 Å². The molecular formula is C14H11NS3. The van der Waals surface area contributed by atoms with Gasteiger partial charge in [0.15, 0.2) is 0 Å². The molecule has 0 aliphatic heterocycles. The first-order chi connectivity index (χ1) is 8.81. The molecule has 3 rings (SSSR count). The summed E-state index contributed by atoms with van der Waals surface area (Å²) in [5, 5.41) is 3.14. The fourth-order valence-corrected chi connectivity index (χ4v) is 3.97. The van der Waals surface area contributed by atoms with Crippen molar-refractivity contribution in [3.8, 4) is 9.75 Å². The zero-order valence-electron chi connectivity index (χ0n) is 9.79. The van der Waals surface area contributed by atoms with Crippen molar-refractivity contribution in [3.05, 3.63) is 50.6 Å². The molecule has 0 amide bonds. The van der Waals surface area contributed by atoms with E-state index < -0.39 is 0 Å². The molecule has 0 atom stereocenters. The van der Waals surface area contributed by atoms with Crippen LogP contribution < -0.4 is 0 Å². The second kappa shape index (κ2) is 5.18. The second-order valence-electron chi connectivity index (χ2n) is 3.82. The Morgan fingerprint density at radius 3 is 2.72 bits per heavy atom. The van der Waals surface area contributed by atoms with Gasteiger partial charge in [0.25, 0.3) is 0 Å². The van der Waals surface area contributed by atoms with Crippen LogP contribution in [0.1, 0.15) is 14.8 Å². The quantitative estimate of drug-likeness (QED) is 0.628. The molecule has 1 nitrogen and oxygen atoms in total. The lowest BCUT2D eigenvalue weighted by Crippen LogP contribution is -1.63. The van der Waals surface area contributed by atoms with E-state index in [1.54, 1.807) is 22.7 Å². The number of hydrogen-bond acceptors (Lipinski definition) is 4. The average Bonchev–Trinajstić information content (AvgIpc) is 3.07. The molecule has 0 aliphatic carbocycles. The molecule has 3 aromatic rings. The number of thiazole rings is 1. The molecule has 0 radical (unpaired) electrons. The highest BCUT2D eigenvalue weighted by Crippen LogP contribution is 2.32. The van der Waals surface area contributed by atoms with Gasteiger partial charge in [-0.3, -0.25) is 0 Å². The smallest absolute Gasteiger partial charge is 0.116 e. The van der Waals surface area contributed by atoms with Gasteiger partial charge in [0.05, 0.1) is 4.88 Å². The Morgan fingerprint density at radius 2 is 2.00 bits per heavy atom. The summed E-state index contributed by atoms with van der Waals surface area (Å²) in [6.45, 7) is 2.13. The fourth-order valence-electron chi connectivity index (χ4n) is 1.59. The van der Waals surface area contributed by atoms with Crippen LogP contribution in [0.4, 0.5) is 0 Å². The van der Waals surface area contributed by atoms with E-state index in [1.807, 2.05) is 17.5 Å². The van der Waals surface area contributed by atoms with Crippen LogP contribution in [0.5, 0.6) is 0 Å². The van der Waals surface area contributed by atoms with Crippen LogP contribution in [-0.4, -0.2) is 4.98 Å². The third-order valence-corrected chi connectivity index (χ3v) is 5.44. The minimum absolute atomic E-state index is 1.06. The molecule has 0 aromatic carbocycles. The van der Waals surface area contributed by atoms with Gasteiger partial charge in [0.2, 0.25) is 0 Å². The SMILES string of the molecule is Cc1ccc(-c2cnc(/C=C/c3cccs3)s2)s1. The first-order valence-electron chi connectivity index (χ1n) is 5.55. The number of nitrogens with zero attached hydrogens (tertiary/aromatic N) is 1. The largest absolute Gasteiger partial charge is 0.244 e. The summed E-state index contributed by atoms with van der Waals surface area (Å²) in [5.74, 6) is 0. The average molecular weight is 289 g/mol. The molecule has 90 valence electrons. The second-order valence-corrected chi connectivity index (χ2v) is 7.15. The summed E-state index contributed by atoms with van der Waals surface area (Å²) in [5.41, 5.74) is 0. The lowest BCUT2D eigenvalue weighted by molar-refractivity contribution is 1.40. The number of aryl methyl sites for hydroxylation is 1. The summed E-state index contributed by atoms with van der Waals surface area (Å²) in [6.07, 6.45) is 6.16. The predicted molar refractivity (Wildman–Crippen MR) is 83.4 cm³/mol. The zero-order valence-corrected chi connectivity index (χ0v) is 12.2. The van der Waals surface area contributed by atoms with Gasteiger partial charge in [0, 0.05) is 20.8 Å². The molecule has 3 heterocycles. The summed E-state index contributed by atoms with van der Waals surface area (Å²) in [6, 6.07) is 8.49. The zero-order chi connectivity index (χ0) is 12.4. The number of hydrogen-bond donors (Lipinski definition) is 0. The van der Waals surface area contributed by atoms with Gasteiger partial charge in [-0.05, 0) is 42.7 Å². The summed E-state index contributed by atoms with van der Waals surface area (Å²) in [4.78, 5) is 9.60. The maximum atomic E-state index is 4.44. The molecule has 18 heavy (non-hydrogen) atoms. The summed E-state index contributed by atoms with van der Waals surface area (Å²) >= 11 is 5.30. The lowest BCUT2D eigenvalue weighted by atomic mass is 10.4. The standard InChI is InChI=1S/C14H11NS3/c1-10-4-6-12(17-10)13-9-15-14(18-13)7-5-11-3-2-8-16-11/h2-9H,1H3/b7-5+. The minimum atomic E-state index is 1.06.